The van der Waals surface area contributed by atoms with Gasteiger partial charge in [-0.2, -0.15) is 5.10 Å². The number of nitrogens with zero attached hydrogens (tertiary/aromatic N) is 5. The highest BCUT2D eigenvalue weighted by Gasteiger charge is 2.19. The van der Waals surface area contributed by atoms with Crippen LogP contribution in [0.25, 0.3) is 0 Å². The third kappa shape index (κ3) is 5.46. The molecule has 2 N–H and O–H groups in total. The highest BCUT2D eigenvalue weighted by atomic mass is 16.2. The summed E-state index contributed by atoms with van der Waals surface area (Å²) in [7, 11) is 0. The summed E-state index contributed by atoms with van der Waals surface area (Å²) in [6.07, 6.45) is 13.1. The Hall–Kier alpha value is -3.72. The van der Waals surface area contributed by atoms with Crippen LogP contribution in [0.15, 0.2) is 54.2 Å². The van der Waals surface area contributed by atoms with Crippen LogP contribution >= 0.6 is 0 Å². The van der Waals surface area contributed by atoms with Gasteiger partial charge in [-0.25, -0.2) is 4.99 Å². The number of likely N-dealkylation sites (tertiary alicyclic amines) is 1. The van der Waals surface area contributed by atoms with Crippen molar-refractivity contribution in [3.63, 3.8) is 0 Å². The van der Waals surface area contributed by atoms with E-state index in [9.17, 15) is 9.59 Å². The van der Waals surface area contributed by atoms with Gasteiger partial charge < -0.3 is 5.32 Å². The molecule has 0 unspecified atom stereocenters. The number of aromatic nitrogens is 4. The fraction of sp³-hybridized carbons (Fsp3) is 0.273. The molecule has 4 rings (SSSR count). The van der Waals surface area contributed by atoms with Crippen molar-refractivity contribution in [1.82, 2.24) is 25.1 Å². The van der Waals surface area contributed by atoms with E-state index in [-0.39, 0.29) is 11.3 Å². The molecule has 0 atom stereocenters. The predicted octanol–water partition coefficient (Wildman–Crippen LogP) is 2.70. The van der Waals surface area contributed by atoms with Crippen LogP contribution in [0.3, 0.4) is 0 Å². The van der Waals surface area contributed by atoms with Crippen LogP contribution in [0, 0.1) is 0 Å². The van der Waals surface area contributed by atoms with Gasteiger partial charge in [0.2, 0.25) is 0 Å². The van der Waals surface area contributed by atoms with Gasteiger partial charge in [0.05, 0.1) is 23.6 Å². The Morgan fingerprint density at radius 1 is 1.13 bits per heavy atom. The molecule has 0 saturated carbocycles. The van der Waals surface area contributed by atoms with E-state index < -0.39 is 11.8 Å². The number of aromatic amines is 1. The van der Waals surface area contributed by atoms with Crippen molar-refractivity contribution in [2.45, 2.75) is 25.8 Å². The number of piperidine rings is 1. The summed E-state index contributed by atoms with van der Waals surface area (Å²) in [5.41, 5.74) is 2.46. The largest absolute Gasteiger partial charge is 0.319 e. The van der Waals surface area contributed by atoms with Gasteiger partial charge in [0.1, 0.15) is 5.69 Å². The van der Waals surface area contributed by atoms with E-state index in [1.165, 1.54) is 37.9 Å². The fourth-order valence-corrected chi connectivity index (χ4v) is 3.49. The summed E-state index contributed by atoms with van der Waals surface area (Å²) in [4.78, 5) is 39.7. The van der Waals surface area contributed by atoms with Crippen molar-refractivity contribution in [1.29, 1.82) is 0 Å². The lowest BCUT2D eigenvalue weighted by Crippen LogP contribution is -2.29. The van der Waals surface area contributed by atoms with Crippen LogP contribution in [0.4, 0.5) is 5.69 Å². The van der Waals surface area contributed by atoms with E-state index in [1.807, 2.05) is 12.3 Å². The van der Waals surface area contributed by atoms with E-state index in [1.54, 1.807) is 24.5 Å². The highest BCUT2D eigenvalue weighted by Crippen LogP contribution is 2.14. The average Bonchev–Trinajstić information content (AvgIpc) is 3.29. The highest BCUT2D eigenvalue weighted by molar-refractivity contribution is 6.12. The van der Waals surface area contributed by atoms with Gasteiger partial charge in [0.15, 0.2) is 0 Å². The second kappa shape index (κ2) is 9.86. The number of nitrogens with one attached hydrogen (secondary N) is 2. The maximum atomic E-state index is 12.6. The van der Waals surface area contributed by atoms with Crippen molar-refractivity contribution in [2.75, 3.05) is 18.4 Å². The molecule has 0 aromatic carbocycles. The quantitative estimate of drug-likeness (QED) is 0.596. The lowest BCUT2D eigenvalue weighted by Gasteiger charge is -2.26. The van der Waals surface area contributed by atoms with Crippen molar-refractivity contribution in [2.24, 2.45) is 4.99 Å². The molecule has 1 aliphatic heterocycles. The zero-order chi connectivity index (χ0) is 21.5. The molecule has 0 aliphatic carbocycles. The monoisotopic (exact) mass is 417 g/mol. The molecule has 1 aliphatic rings. The SMILES string of the molecule is O=C(N=Cc1cncc(CN2CCCCC2)c1)c1cn[nH]c1C(=O)Nc1cccnc1. The Morgan fingerprint density at radius 3 is 2.81 bits per heavy atom. The zero-order valence-electron chi connectivity index (χ0n) is 17.0. The number of pyridine rings is 2. The summed E-state index contributed by atoms with van der Waals surface area (Å²) < 4.78 is 0. The van der Waals surface area contributed by atoms with Gasteiger partial charge in [0.25, 0.3) is 11.8 Å². The lowest BCUT2D eigenvalue weighted by molar-refractivity contribution is 0.0977. The van der Waals surface area contributed by atoms with Crippen LogP contribution in [0.2, 0.25) is 0 Å². The van der Waals surface area contributed by atoms with Gasteiger partial charge in [-0.1, -0.05) is 6.42 Å². The van der Waals surface area contributed by atoms with E-state index in [0.717, 1.165) is 30.8 Å². The first-order chi connectivity index (χ1) is 15.2. The van der Waals surface area contributed by atoms with E-state index in [2.05, 4.69) is 35.4 Å². The van der Waals surface area contributed by atoms with E-state index >= 15 is 0 Å². The van der Waals surface area contributed by atoms with Crippen molar-refractivity contribution < 1.29 is 9.59 Å². The molecule has 0 radical (unpaired) electrons. The fourth-order valence-electron chi connectivity index (χ4n) is 3.49. The molecule has 0 spiro atoms. The van der Waals surface area contributed by atoms with Crippen LogP contribution in [0.5, 0.6) is 0 Å². The molecular formula is C22H23N7O2. The van der Waals surface area contributed by atoms with Crippen LogP contribution in [0.1, 0.15) is 51.2 Å². The number of aliphatic imine (C=N–C) groups is 1. The van der Waals surface area contributed by atoms with Gasteiger partial charge in [-0.15, -0.1) is 0 Å². The summed E-state index contributed by atoms with van der Waals surface area (Å²) in [6.45, 7) is 3.03. The molecule has 158 valence electrons. The predicted molar refractivity (Wildman–Crippen MR) is 116 cm³/mol. The van der Waals surface area contributed by atoms with Crippen molar-refractivity contribution in [3.05, 3.63) is 71.6 Å². The van der Waals surface area contributed by atoms with E-state index in [4.69, 9.17) is 0 Å². The van der Waals surface area contributed by atoms with Crippen LogP contribution in [-0.2, 0) is 6.54 Å². The average molecular weight is 417 g/mol. The number of carbonyl (C=O) groups excluding carboxylic acids is 2. The third-order valence-electron chi connectivity index (χ3n) is 5.02. The minimum atomic E-state index is -0.563. The molecule has 0 bridgehead atoms. The molecule has 3 aromatic heterocycles. The number of hydrogen-bond acceptors (Lipinski definition) is 6. The molecule has 1 fully saturated rings. The van der Waals surface area contributed by atoms with Gasteiger partial charge >= 0.3 is 0 Å². The Labute approximate surface area is 179 Å². The number of anilines is 1. The number of carbonyl (C=O) groups is 2. The zero-order valence-corrected chi connectivity index (χ0v) is 17.0. The molecule has 2 amide bonds. The molecule has 31 heavy (non-hydrogen) atoms. The summed E-state index contributed by atoms with van der Waals surface area (Å²) in [5.74, 6) is -1.05. The molecule has 3 aromatic rings. The first-order valence-corrected chi connectivity index (χ1v) is 10.2. The number of amides is 2. The van der Waals surface area contributed by atoms with Gasteiger partial charge in [-0.05, 0) is 49.7 Å². The topological polar surface area (TPSA) is 116 Å². The second-order valence-electron chi connectivity index (χ2n) is 7.38. The van der Waals surface area contributed by atoms with E-state index in [0.29, 0.717) is 5.69 Å². The number of H-pyrrole nitrogens is 1. The summed E-state index contributed by atoms with van der Waals surface area (Å²) in [6, 6.07) is 5.38. The number of hydrogen-bond donors (Lipinski definition) is 2. The first kappa shape index (κ1) is 20.5. The van der Waals surface area contributed by atoms with Crippen LogP contribution in [-0.4, -0.2) is 56.2 Å². The van der Waals surface area contributed by atoms with Crippen molar-refractivity contribution in [3.8, 4) is 0 Å². The van der Waals surface area contributed by atoms with Gasteiger partial charge in [-0.3, -0.25) is 29.6 Å². The van der Waals surface area contributed by atoms with Crippen LogP contribution < -0.4 is 5.32 Å². The molecular weight excluding hydrogens is 394 g/mol. The number of rotatable bonds is 6. The Bertz CT molecular complexity index is 1070. The summed E-state index contributed by atoms with van der Waals surface area (Å²) >= 11 is 0. The summed E-state index contributed by atoms with van der Waals surface area (Å²) in [5, 5.41) is 9.06. The Morgan fingerprint density at radius 2 is 2.00 bits per heavy atom. The third-order valence-corrected chi connectivity index (χ3v) is 5.02. The molecule has 9 nitrogen and oxygen atoms in total. The molecule has 4 heterocycles. The molecule has 1 saturated heterocycles. The first-order valence-electron chi connectivity index (χ1n) is 10.2. The van der Waals surface area contributed by atoms with Crippen molar-refractivity contribution >= 4 is 23.7 Å². The standard InChI is InChI=1S/C22H23N7O2/c30-21(19-14-26-28-20(19)22(31)27-18-5-4-6-23-13-18)25-12-16-9-17(11-24-10-16)15-29-7-2-1-3-8-29/h4-6,9-14H,1-3,7-8,15H2,(H,26,28)(H,27,31). The normalized spacial score (nSPS) is 14.6. The maximum Gasteiger partial charge on any atom is 0.280 e. The second-order valence-corrected chi connectivity index (χ2v) is 7.38. The Balaban J connectivity index is 1.42. The maximum absolute atomic E-state index is 12.6. The molecule has 9 heteroatoms. The minimum absolute atomic E-state index is 0.0444. The lowest BCUT2D eigenvalue weighted by atomic mass is 10.1. The van der Waals surface area contributed by atoms with Gasteiger partial charge in [0, 0.05) is 36.9 Å². The smallest absolute Gasteiger partial charge is 0.280 e. The Kier molecular flexibility index (Phi) is 6.53. The minimum Gasteiger partial charge on any atom is -0.319 e.